The van der Waals surface area contributed by atoms with E-state index in [0.29, 0.717) is 5.69 Å². The molecule has 0 heterocycles. The molecule has 0 saturated carbocycles. The molecule has 1 aromatic carbocycles. The Labute approximate surface area is 127 Å². The second kappa shape index (κ2) is 6.62. The molecule has 1 aliphatic carbocycles. The molecule has 2 N–H and O–H groups in total. The van der Waals surface area contributed by atoms with E-state index in [9.17, 15) is 4.39 Å². The van der Waals surface area contributed by atoms with E-state index < -0.39 is 0 Å². The summed E-state index contributed by atoms with van der Waals surface area (Å²) in [6.45, 7) is 6.84. The van der Waals surface area contributed by atoms with Crippen LogP contribution in [0.4, 0.5) is 10.1 Å². The number of aryl methyl sites for hydroxylation is 1. The molecule has 0 saturated heterocycles. The SMILES string of the molecule is CC1=C(CCc2cc(N)ccc2F)C(C)(C)CCC1.Cl. The first kappa shape index (κ1) is 17.0. The first-order valence-electron chi connectivity index (χ1n) is 7.13. The molecule has 0 aliphatic heterocycles. The molecular weight excluding hydrogens is 273 g/mol. The van der Waals surface area contributed by atoms with Crippen molar-refractivity contribution in [3.63, 3.8) is 0 Å². The van der Waals surface area contributed by atoms with Crippen molar-refractivity contribution in [2.24, 2.45) is 5.41 Å². The van der Waals surface area contributed by atoms with Gasteiger partial charge in [0.15, 0.2) is 0 Å². The zero-order chi connectivity index (χ0) is 14.0. The molecule has 0 radical (unpaired) electrons. The summed E-state index contributed by atoms with van der Waals surface area (Å²) >= 11 is 0. The van der Waals surface area contributed by atoms with E-state index in [4.69, 9.17) is 5.73 Å². The van der Waals surface area contributed by atoms with E-state index >= 15 is 0 Å². The molecule has 1 aromatic rings. The third-order valence-corrected chi connectivity index (χ3v) is 4.40. The van der Waals surface area contributed by atoms with Gasteiger partial charge in [0.05, 0.1) is 0 Å². The number of hydrogen-bond donors (Lipinski definition) is 1. The molecule has 0 amide bonds. The third-order valence-electron chi connectivity index (χ3n) is 4.40. The highest BCUT2D eigenvalue weighted by atomic mass is 35.5. The Balaban J connectivity index is 0.00000200. The van der Waals surface area contributed by atoms with E-state index in [2.05, 4.69) is 20.8 Å². The quantitative estimate of drug-likeness (QED) is 0.595. The van der Waals surface area contributed by atoms with Crippen LogP contribution in [0.3, 0.4) is 0 Å². The van der Waals surface area contributed by atoms with Crippen molar-refractivity contribution < 1.29 is 4.39 Å². The summed E-state index contributed by atoms with van der Waals surface area (Å²) in [5, 5.41) is 0. The van der Waals surface area contributed by atoms with Crippen LogP contribution in [0.1, 0.15) is 52.0 Å². The molecule has 2 rings (SSSR count). The van der Waals surface area contributed by atoms with Gasteiger partial charge < -0.3 is 5.73 Å². The molecular formula is C17H25ClFN. The van der Waals surface area contributed by atoms with E-state index in [1.807, 2.05) is 0 Å². The molecule has 0 bridgehead atoms. The van der Waals surface area contributed by atoms with Crippen LogP contribution in [0.25, 0.3) is 0 Å². The van der Waals surface area contributed by atoms with Crippen molar-refractivity contribution in [1.82, 2.24) is 0 Å². The van der Waals surface area contributed by atoms with Crippen LogP contribution in [-0.4, -0.2) is 0 Å². The van der Waals surface area contributed by atoms with Gasteiger partial charge in [0.1, 0.15) is 5.82 Å². The Morgan fingerprint density at radius 2 is 1.95 bits per heavy atom. The number of hydrogen-bond acceptors (Lipinski definition) is 1. The molecule has 112 valence electrons. The second-order valence-corrected chi connectivity index (χ2v) is 6.35. The zero-order valence-corrected chi connectivity index (χ0v) is 13.4. The van der Waals surface area contributed by atoms with Crippen molar-refractivity contribution in [3.8, 4) is 0 Å². The fourth-order valence-corrected chi connectivity index (χ4v) is 3.27. The highest BCUT2D eigenvalue weighted by molar-refractivity contribution is 5.85. The van der Waals surface area contributed by atoms with Gasteiger partial charge in [-0.05, 0) is 68.2 Å². The number of anilines is 1. The van der Waals surface area contributed by atoms with Crippen LogP contribution in [0.15, 0.2) is 29.3 Å². The maximum Gasteiger partial charge on any atom is 0.126 e. The monoisotopic (exact) mass is 297 g/mol. The van der Waals surface area contributed by atoms with Crippen LogP contribution in [0.5, 0.6) is 0 Å². The minimum Gasteiger partial charge on any atom is -0.399 e. The van der Waals surface area contributed by atoms with Crippen LogP contribution in [-0.2, 0) is 6.42 Å². The van der Waals surface area contributed by atoms with Crippen molar-refractivity contribution in [2.75, 3.05) is 5.73 Å². The largest absolute Gasteiger partial charge is 0.399 e. The van der Waals surface area contributed by atoms with Crippen molar-refractivity contribution in [3.05, 3.63) is 40.7 Å². The summed E-state index contributed by atoms with van der Waals surface area (Å²) in [5.41, 5.74) is 10.4. The molecule has 1 nitrogen and oxygen atoms in total. The van der Waals surface area contributed by atoms with Crippen LogP contribution in [0.2, 0.25) is 0 Å². The van der Waals surface area contributed by atoms with Gasteiger partial charge in [0.2, 0.25) is 0 Å². The predicted octanol–water partition coefficient (Wildman–Crippen LogP) is 5.29. The van der Waals surface area contributed by atoms with Crippen LogP contribution < -0.4 is 5.73 Å². The Bertz CT molecular complexity index is 506. The summed E-state index contributed by atoms with van der Waals surface area (Å²) in [5.74, 6) is -0.138. The summed E-state index contributed by atoms with van der Waals surface area (Å²) in [6.07, 6.45) is 5.39. The maximum absolute atomic E-state index is 13.7. The topological polar surface area (TPSA) is 26.0 Å². The smallest absolute Gasteiger partial charge is 0.126 e. The summed E-state index contributed by atoms with van der Waals surface area (Å²) in [6, 6.07) is 4.85. The van der Waals surface area contributed by atoms with Gasteiger partial charge in [-0.2, -0.15) is 0 Å². The predicted molar refractivity (Wildman–Crippen MR) is 86.7 cm³/mol. The number of rotatable bonds is 3. The number of nitrogen functional groups attached to an aromatic ring is 1. The Morgan fingerprint density at radius 1 is 1.25 bits per heavy atom. The van der Waals surface area contributed by atoms with Gasteiger partial charge >= 0.3 is 0 Å². The normalized spacial score (nSPS) is 17.8. The summed E-state index contributed by atoms with van der Waals surface area (Å²) in [4.78, 5) is 0. The highest BCUT2D eigenvalue weighted by Crippen LogP contribution is 2.42. The minimum atomic E-state index is -0.138. The molecule has 1 aliphatic rings. The number of allylic oxidation sites excluding steroid dienone is 2. The van der Waals surface area contributed by atoms with Gasteiger partial charge in [-0.25, -0.2) is 4.39 Å². The van der Waals surface area contributed by atoms with E-state index in [1.54, 1.807) is 12.1 Å². The van der Waals surface area contributed by atoms with Gasteiger partial charge in [-0.15, -0.1) is 12.4 Å². The molecule has 0 atom stereocenters. The number of halogens is 2. The average molecular weight is 298 g/mol. The van der Waals surface area contributed by atoms with Gasteiger partial charge in [-0.3, -0.25) is 0 Å². The lowest BCUT2D eigenvalue weighted by atomic mass is 9.71. The molecule has 0 fully saturated rings. The minimum absolute atomic E-state index is 0. The third kappa shape index (κ3) is 3.76. The standard InChI is InChI=1S/C17H24FN.ClH/c1-12-5-4-10-17(2,3)15(12)8-6-13-11-14(19)7-9-16(13)18;/h7,9,11H,4-6,8,10,19H2,1-3H3;1H. The Kier molecular flexibility index (Phi) is 5.64. The van der Waals surface area contributed by atoms with Gasteiger partial charge in [0.25, 0.3) is 0 Å². The lowest BCUT2D eigenvalue weighted by molar-refractivity contribution is 0.354. The Morgan fingerprint density at radius 3 is 2.60 bits per heavy atom. The van der Waals surface area contributed by atoms with Crippen LogP contribution >= 0.6 is 12.4 Å². The fourth-order valence-electron chi connectivity index (χ4n) is 3.27. The zero-order valence-electron chi connectivity index (χ0n) is 12.6. The lowest BCUT2D eigenvalue weighted by Gasteiger charge is -2.34. The molecule has 0 unspecified atom stereocenters. The number of nitrogens with two attached hydrogens (primary N) is 1. The first-order chi connectivity index (χ1) is 8.90. The van der Waals surface area contributed by atoms with E-state index in [1.165, 1.54) is 36.5 Å². The molecule has 3 heteroatoms. The summed E-state index contributed by atoms with van der Waals surface area (Å²) < 4.78 is 13.7. The molecule has 0 spiro atoms. The Hall–Kier alpha value is -1.02. The van der Waals surface area contributed by atoms with E-state index in [-0.39, 0.29) is 23.6 Å². The molecule has 0 aromatic heterocycles. The first-order valence-corrected chi connectivity index (χ1v) is 7.13. The van der Waals surface area contributed by atoms with Gasteiger partial charge in [0, 0.05) is 5.69 Å². The number of benzene rings is 1. The maximum atomic E-state index is 13.7. The average Bonchev–Trinajstić information content (AvgIpc) is 2.32. The van der Waals surface area contributed by atoms with Crippen molar-refractivity contribution in [1.29, 1.82) is 0 Å². The highest BCUT2D eigenvalue weighted by Gasteiger charge is 2.27. The molecule has 20 heavy (non-hydrogen) atoms. The van der Waals surface area contributed by atoms with Crippen LogP contribution in [0, 0.1) is 11.2 Å². The lowest BCUT2D eigenvalue weighted by Crippen LogP contribution is -2.21. The van der Waals surface area contributed by atoms with Crippen molar-refractivity contribution in [2.45, 2.75) is 52.9 Å². The van der Waals surface area contributed by atoms with Crippen molar-refractivity contribution >= 4 is 18.1 Å². The van der Waals surface area contributed by atoms with E-state index in [0.717, 1.165) is 18.4 Å². The fraction of sp³-hybridized carbons (Fsp3) is 0.529. The van der Waals surface area contributed by atoms with Gasteiger partial charge in [-0.1, -0.05) is 25.0 Å². The second-order valence-electron chi connectivity index (χ2n) is 6.35. The summed E-state index contributed by atoms with van der Waals surface area (Å²) in [7, 11) is 0.